The Balaban J connectivity index is 2.83. The van der Waals surface area contributed by atoms with Gasteiger partial charge in [0.25, 0.3) is 0 Å². The number of hydrogen-bond acceptors (Lipinski definition) is 0. The Kier molecular flexibility index (Phi) is 4.39. The third-order valence-corrected chi connectivity index (χ3v) is 10.9. The molecule has 1 atom stereocenters. The van der Waals surface area contributed by atoms with E-state index in [4.69, 9.17) is 6.42 Å². The lowest BCUT2D eigenvalue weighted by atomic mass is 10.2. The predicted molar refractivity (Wildman–Crippen MR) is 95.9 cm³/mol. The minimum atomic E-state index is -2.09. The van der Waals surface area contributed by atoms with Gasteiger partial charge in [0.15, 0.2) is 0 Å². The summed E-state index contributed by atoms with van der Waals surface area (Å²) in [5, 5.41) is 2.99. The number of benzene rings is 2. The van der Waals surface area contributed by atoms with Crippen molar-refractivity contribution in [3.63, 3.8) is 0 Å². The Morgan fingerprint density at radius 1 is 0.857 bits per heavy atom. The first-order valence-corrected chi connectivity index (χ1v) is 9.59. The van der Waals surface area contributed by atoms with Gasteiger partial charge in [0.2, 0.25) is 0 Å². The largest absolute Gasteiger partial charge is 0.137 e. The van der Waals surface area contributed by atoms with Gasteiger partial charge in [-0.1, -0.05) is 98.7 Å². The molecule has 0 unspecified atom stereocenters. The third-order valence-electron chi connectivity index (χ3n) is 4.54. The average Bonchev–Trinajstić information content (AvgIpc) is 2.48. The zero-order valence-corrected chi connectivity index (χ0v) is 14.4. The van der Waals surface area contributed by atoms with Crippen LogP contribution >= 0.6 is 0 Å². The lowest BCUT2D eigenvalue weighted by Crippen LogP contribution is -2.66. The Labute approximate surface area is 130 Å². The van der Waals surface area contributed by atoms with Gasteiger partial charge in [-0.05, 0) is 5.04 Å². The third kappa shape index (κ3) is 2.57. The van der Waals surface area contributed by atoms with E-state index >= 15 is 0 Å². The maximum Gasteiger partial charge on any atom is 0.137 e. The van der Waals surface area contributed by atoms with Gasteiger partial charge in [0.1, 0.15) is 8.07 Å². The van der Waals surface area contributed by atoms with Crippen molar-refractivity contribution in [1.82, 2.24) is 0 Å². The van der Waals surface area contributed by atoms with Crippen molar-refractivity contribution in [2.45, 2.75) is 38.3 Å². The van der Waals surface area contributed by atoms with Crippen LogP contribution in [0.3, 0.4) is 0 Å². The second-order valence-electron chi connectivity index (χ2n) is 6.68. The molecule has 2 aromatic carbocycles. The molecule has 21 heavy (non-hydrogen) atoms. The molecule has 2 aromatic rings. The Morgan fingerprint density at radius 3 is 1.52 bits per heavy atom. The molecule has 0 amide bonds. The van der Waals surface area contributed by atoms with Gasteiger partial charge in [-0.25, -0.2) is 0 Å². The average molecular weight is 292 g/mol. The predicted octanol–water partition coefficient (Wildman–Crippen LogP) is 4.07. The maximum atomic E-state index is 5.91. The highest BCUT2D eigenvalue weighted by Gasteiger charge is 2.50. The van der Waals surface area contributed by atoms with Crippen LogP contribution in [0.1, 0.15) is 27.7 Å². The van der Waals surface area contributed by atoms with E-state index in [0.717, 1.165) is 0 Å². The highest BCUT2D eigenvalue weighted by molar-refractivity contribution is 7.05. The van der Waals surface area contributed by atoms with E-state index in [1.165, 1.54) is 10.4 Å². The van der Waals surface area contributed by atoms with Gasteiger partial charge in [-0.2, -0.15) is 0 Å². The molecule has 0 fully saturated rings. The Morgan fingerprint density at radius 2 is 1.24 bits per heavy atom. The van der Waals surface area contributed by atoms with Crippen LogP contribution in [0.25, 0.3) is 0 Å². The molecular weight excluding hydrogens is 268 g/mol. The van der Waals surface area contributed by atoms with Crippen LogP contribution in [0.2, 0.25) is 10.6 Å². The summed E-state index contributed by atoms with van der Waals surface area (Å²) >= 11 is 0. The summed E-state index contributed by atoms with van der Waals surface area (Å²) in [4.78, 5) is 0. The number of terminal acetylenes is 1. The SMILES string of the molecule is C#C[C@@H](C)[Si](c1ccccc1)(c1ccccc1)C(C)(C)C. The van der Waals surface area contributed by atoms with Crippen molar-refractivity contribution >= 4 is 18.4 Å². The zero-order chi connectivity index (χ0) is 15.5. The quantitative estimate of drug-likeness (QED) is 0.591. The molecule has 108 valence electrons. The summed E-state index contributed by atoms with van der Waals surface area (Å²) in [5.74, 6) is 3.07. The van der Waals surface area contributed by atoms with Crippen molar-refractivity contribution < 1.29 is 0 Å². The van der Waals surface area contributed by atoms with E-state index in [-0.39, 0.29) is 10.6 Å². The van der Waals surface area contributed by atoms with Crippen LogP contribution in [-0.2, 0) is 0 Å². The minimum Gasteiger partial charge on any atom is -0.120 e. The van der Waals surface area contributed by atoms with E-state index in [2.05, 4.69) is 94.3 Å². The van der Waals surface area contributed by atoms with Crippen molar-refractivity contribution in [2.75, 3.05) is 0 Å². The molecule has 0 radical (unpaired) electrons. The van der Waals surface area contributed by atoms with E-state index < -0.39 is 8.07 Å². The van der Waals surface area contributed by atoms with Gasteiger partial charge in [-0.3, -0.25) is 0 Å². The molecule has 0 N–H and O–H groups in total. The molecule has 0 aliphatic carbocycles. The molecule has 2 rings (SSSR count). The monoisotopic (exact) mass is 292 g/mol. The molecule has 0 saturated carbocycles. The van der Waals surface area contributed by atoms with Crippen LogP contribution in [-0.4, -0.2) is 8.07 Å². The first-order chi connectivity index (χ1) is 9.94. The first-order valence-electron chi connectivity index (χ1n) is 7.51. The van der Waals surface area contributed by atoms with Crippen LogP contribution in [0, 0.1) is 12.3 Å². The molecule has 0 aliphatic heterocycles. The zero-order valence-electron chi connectivity index (χ0n) is 13.4. The van der Waals surface area contributed by atoms with Crippen LogP contribution in [0.15, 0.2) is 60.7 Å². The molecule has 0 aliphatic rings. The fraction of sp³-hybridized carbons (Fsp3) is 0.300. The van der Waals surface area contributed by atoms with Crippen molar-refractivity contribution in [3.05, 3.63) is 60.7 Å². The second kappa shape index (κ2) is 5.91. The summed E-state index contributed by atoms with van der Waals surface area (Å²) < 4.78 is 0. The summed E-state index contributed by atoms with van der Waals surface area (Å²) in [6.07, 6.45) is 5.91. The van der Waals surface area contributed by atoms with Crippen LogP contribution < -0.4 is 10.4 Å². The molecule has 0 saturated heterocycles. The lowest BCUT2D eigenvalue weighted by Gasteiger charge is -2.46. The normalized spacial score (nSPS) is 13.5. The lowest BCUT2D eigenvalue weighted by molar-refractivity contribution is 0.719. The van der Waals surface area contributed by atoms with Gasteiger partial charge < -0.3 is 0 Å². The van der Waals surface area contributed by atoms with Crippen LogP contribution in [0.5, 0.6) is 0 Å². The molecule has 0 spiro atoms. The molecule has 1 heteroatoms. The Bertz CT molecular complexity index is 575. The standard InChI is InChI=1S/C20H24Si/c1-6-17(2)21(20(3,4)5,18-13-9-7-10-14-18)19-15-11-8-12-16-19/h1,7-17H,2-5H3/t17-/m1/s1. The maximum absolute atomic E-state index is 5.91. The number of hydrogen-bond donors (Lipinski definition) is 0. The summed E-state index contributed by atoms with van der Waals surface area (Å²) in [7, 11) is -2.09. The van der Waals surface area contributed by atoms with Crippen molar-refractivity contribution in [1.29, 1.82) is 0 Å². The molecule has 0 bridgehead atoms. The summed E-state index contributed by atoms with van der Waals surface area (Å²) in [5.41, 5.74) is 0.238. The molecular formula is C20H24Si. The summed E-state index contributed by atoms with van der Waals surface area (Å²) in [6, 6.07) is 21.7. The fourth-order valence-corrected chi connectivity index (χ4v) is 9.76. The van der Waals surface area contributed by atoms with Crippen molar-refractivity contribution in [3.8, 4) is 12.3 Å². The van der Waals surface area contributed by atoms with Gasteiger partial charge >= 0.3 is 0 Å². The van der Waals surface area contributed by atoms with E-state index in [1.807, 2.05) is 0 Å². The topological polar surface area (TPSA) is 0 Å². The molecule has 0 heterocycles. The fourth-order valence-electron chi connectivity index (χ4n) is 3.71. The van der Waals surface area contributed by atoms with Crippen LogP contribution in [0.4, 0.5) is 0 Å². The smallest absolute Gasteiger partial charge is 0.120 e. The van der Waals surface area contributed by atoms with Gasteiger partial charge in [-0.15, -0.1) is 12.3 Å². The van der Waals surface area contributed by atoms with Gasteiger partial charge in [0, 0.05) is 5.54 Å². The first kappa shape index (κ1) is 15.6. The van der Waals surface area contributed by atoms with E-state index in [1.54, 1.807) is 0 Å². The summed E-state index contributed by atoms with van der Waals surface area (Å²) in [6.45, 7) is 9.24. The Hall–Kier alpha value is -1.78. The van der Waals surface area contributed by atoms with Crippen molar-refractivity contribution in [2.24, 2.45) is 0 Å². The molecule has 0 aromatic heterocycles. The highest BCUT2D eigenvalue weighted by atomic mass is 28.3. The highest BCUT2D eigenvalue weighted by Crippen LogP contribution is 2.42. The van der Waals surface area contributed by atoms with E-state index in [9.17, 15) is 0 Å². The van der Waals surface area contributed by atoms with E-state index in [0.29, 0.717) is 0 Å². The number of rotatable bonds is 3. The van der Waals surface area contributed by atoms with Gasteiger partial charge in [0.05, 0.1) is 0 Å². The molecule has 0 nitrogen and oxygen atoms in total. The second-order valence-corrected chi connectivity index (χ2v) is 11.8. The minimum absolute atomic E-state index is 0.140.